The van der Waals surface area contributed by atoms with Gasteiger partial charge in [-0.3, -0.25) is 4.79 Å². The lowest BCUT2D eigenvalue weighted by molar-refractivity contribution is -0.308. The van der Waals surface area contributed by atoms with Gasteiger partial charge in [-0.2, -0.15) is 0 Å². The van der Waals surface area contributed by atoms with E-state index >= 15 is 0 Å². The van der Waals surface area contributed by atoms with Gasteiger partial charge in [0, 0.05) is 11.9 Å². The van der Waals surface area contributed by atoms with Gasteiger partial charge in [-0.1, -0.05) is 0 Å². The molecule has 2 atom stereocenters. The summed E-state index contributed by atoms with van der Waals surface area (Å²) in [6.07, 6.45) is 0.370. The average molecular weight is 143 g/mol. The van der Waals surface area contributed by atoms with Gasteiger partial charge in [0.05, 0.1) is 13.0 Å². The van der Waals surface area contributed by atoms with Crippen molar-refractivity contribution in [3.8, 4) is 0 Å². The van der Waals surface area contributed by atoms with Crippen LogP contribution >= 0.6 is 0 Å². The van der Waals surface area contributed by atoms with Crippen LogP contribution in [0.25, 0.3) is 0 Å². The van der Waals surface area contributed by atoms with Gasteiger partial charge in [0.2, 0.25) is 0 Å². The molecule has 0 heterocycles. The van der Waals surface area contributed by atoms with E-state index in [9.17, 15) is 14.7 Å². The summed E-state index contributed by atoms with van der Waals surface area (Å²) in [5.41, 5.74) is 0. The van der Waals surface area contributed by atoms with E-state index in [-0.39, 0.29) is 0 Å². The summed E-state index contributed by atoms with van der Waals surface area (Å²) >= 11 is 0. The Morgan fingerprint density at radius 2 is 2.10 bits per heavy atom. The minimum atomic E-state index is -1.16. The fourth-order valence-electron chi connectivity index (χ4n) is 0.867. The second-order valence-corrected chi connectivity index (χ2v) is 2.29. The van der Waals surface area contributed by atoms with Crippen LogP contribution in [-0.4, -0.2) is 19.0 Å². The zero-order valence-electron chi connectivity index (χ0n) is 5.49. The highest BCUT2D eigenvalue weighted by molar-refractivity contribution is 5.85. The first kappa shape index (κ1) is 7.05. The number of esters is 1. The van der Waals surface area contributed by atoms with Gasteiger partial charge in [0.1, 0.15) is 0 Å². The number of carboxylic acid groups (broad SMARTS) is 1. The molecular weight excluding hydrogens is 136 g/mol. The highest BCUT2D eigenvalue weighted by Gasteiger charge is 2.44. The Bertz CT molecular complexity index is 175. The molecule has 0 aromatic carbocycles. The normalized spacial score (nSPS) is 29.3. The summed E-state index contributed by atoms with van der Waals surface area (Å²) in [4.78, 5) is 20.6. The molecule has 0 radical (unpaired) electrons. The van der Waals surface area contributed by atoms with Crippen LogP contribution in [-0.2, 0) is 14.3 Å². The third kappa shape index (κ3) is 1.10. The monoisotopic (exact) mass is 143 g/mol. The van der Waals surface area contributed by atoms with Crippen LogP contribution in [0.5, 0.6) is 0 Å². The van der Waals surface area contributed by atoms with Crippen molar-refractivity contribution in [3.63, 3.8) is 0 Å². The molecule has 1 aliphatic rings. The SMILES string of the molecule is COC(=O)[C@H]1C[C@@H]1C(=O)[O-]. The van der Waals surface area contributed by atoms with E-state index in [0.717, 1.165) is 0 Å². The van der Waals surface area contributed by atoms with Crippen molar-refractivity contribution in [1.82, 2.24) is 0 Å². The topological polar surface area (TPSA) is 66.4 Å². The Kier molecular flexibility index (Phi) is 1.61. The van der Waals surface area contributed by atoms with Crippen molar-refractivity contribution < 1.29 is 19.4 Å². The van der Waals surface area contributed by atoms with Crippen LogP contribution in [0.2, 0.25) is 0 Å². The predicted octanol–water partition coefficient (Wildman–Crippen LogP) is -1.45. The zero-order valence-corrected chi connectivity index (χ0v) is 5.49. The van der Waals surface area contributed by atoms with E-state index in [1.807, 2.05) is 0 Å². The maximum Gasteiger partial charge on any atom is 0.309 e. The molecule has 1 fully saturated rings. The van der Waals surface area contributed by atoms with E-state index in [1.54, 1.807) is 0 Å². The zero-order chi connectivity index (χ0) is 7.72. The maximum atomic E-state index is 10.6. The molecule has 0 amide bonds. The molecule has 1 rings (SSSR count). The standard InChI is InChI=1S/C6H8O4/c1-10-6(9)4-2-3(4)5(7)8/h3-4H,2H2,1H3,(H,7,8)/p-1/t3-,4-/m0/s1. The lowest BCUT2D eigenvalue weighted by Gasteiger charge is -1.97. The second-order valence-electron chi connectivity index (χ2n) is 2.29. The fraction of sp³-hybridized carbons (Fsp3) is 0.667. The van der Waals surface area contributed by atoms with Gasteiger partial charge >= 0.3 is 5.97 Å². The highest BCUT2D eigenvalue weighted by atomic mass is 16.5. The molecule has 0 aromatic heterocycles. The first-order valence-corrected chi connectivity index (χ1v) is 2.95. The Hall–Kier alpha value is -1.06. The molecule has 0 saturated heterocycles. The molecule has 0 aliphatic heterocycles. The van der Waals surface area contributed by atoms with Gasteiger partial charge in [-0.05, 0) is 6.42 Å². The highest BCUT2D eigenvalue weighted by Crippen LogP contribution is 2.38. The lowest BCUT2D eigenvalue weighted by Crippen LogP contribution is -2.26. The first-order chi connectivity index (χ1) is 4.66. The van der Waals surface area contributed by atoms with E-state index in [0.29, 0.717) is 6.42 Å². The van der Waals surface area contributed by atoms with Crippen LogP contribution < -0.4 is 5.11 Å². The molecule has 0 bridgehead atoms. The van der Waals surface area contributed by atoms with Crippen LogP contribution in [0.1, 0.15) is 6.42 Å². The molecule has 1 saturated carbocycles. The number of methoxy groups -OCH3 is 1. The first-order valence-electron chi connectivity index (χ1n) is 2.95. The largest absolute Gasteiger partial charge is 0.550 e. The molecule has 0 aromatic rings. The van der Waals surface area contributed by atoms with Crippen molar-refractivity contribution in [2.24, 2.45) is 11.8 Å². The molecule has 10 heavy (non-hydrogen) atoms. The fourth-order valence-corrected chi connectivity index (χ4v) is 0.867. The number of aliphatic carboxylic acids is 1. The summed E-state index contributed by atoms with van der Waals surface area (Å²) < 4.78 is 4.32. The molecular formula is C6H7O4-. The molecule has 0 spiro atoms. The molecule has 4 heteroatoms. The van der Waals surface area contributed by atoms with Gasteiger partial charge < -0.3 is 14.6 Å². The van der Waals surface area contributed by atoms with Gasteiger partial charge in [0.25, 0.3) is 0 Å². The number of ether oxygens (including phenoxy) is 1. The quantitative estimate of drug-likeness (QED) is 0.443. The number of carbonyl (C=O) groups excluding carboxylic acids is 2. The van der Waals surface area contributed by atoms with E-state index in [4.69, 9.17) is 0 Å². The van der Waals surface area contributed by atoms with Crippen LogP contribution in [0.15, 0.2) is 0 Å². The molecule has 4 nitrogen and oxygen atoms in total. The number of rotatable bonds is 2. The Morgan fingerprint density at radius 3 is 2.40 bits per heavy atom. The van der Waals surface area contributed by atoms with E-state index < -0.39 is 23.8 Å². The summed E-state index contributed by atoms with van der Waals surface area (Å²) in [7, 11) is 1.24. The number of hydrogen-bond donors (Lipinski definition) is 0. The van der Waals surface area contributed by atoms with Gasteiger partial charge in [0.15, 0.2) is 0 Å². The van der Waals surface area contributed by atoms with Crippen molar-refractivity contribution in [2.75, 3.05) is 7.11 Å². The smallest absolute Gasteiger partial charge is 0.309 e. The van der Waals surface area contributed by atoms with E-state index in [2.05, 4.69) is 4.74 Å². The molecule has 56 valence electrons. The van der Waals surface area contributed by atoms with Crippen molar-refractivity contribution in [3.05, 3.63) is 0 Å². The molecule has 0 unspecified atom stereocenters. The molecule has 1 aliphatic carbocycles. The van der Waals surface area contributed by atoms with Crippen LogP contribution in [0, 0.1) is 11.8 Å². The summed E-state index contributed by atoms with van der Waals surface area (Å²) in [6, 6.07) is 0. The third-order valence-electron chi connectivity index (χ3n) is 1.60. The average Bonchev–Trinajstić information content (AvgIpc) is 2.64. The second kappa shape index (κ2) is 2.28. The summed E-state index contributed by atoms with van der Waals surface area (Å²) in [6.45, 7) is 0. The van der Waals surface area contributed by atoms with Crippen molar-refractivity contribution in [1.29, 1.82) is 0 Å². The number of hydrogen-bond acceptors (Lipinski definition) is 4. The maximum absolute atomic E-state index is 10.6. The minimum absolute atomic E-state index is 0.370. The van der Waals surface area contributed by atoms with E-state index in [1.165, 1.54) is 7.11 Å². The minimum Gasteiger partial charge on any atom is -0.550 e. The molecule has 0 N–H and O–H groups in total. The third-order valence-corrected chi connectivity index (χ3v) is 1.60. The van der Waals surface area contributed by atoms with Gasteiger partial charge in [-0.15, -0.1) is 0 Å². The number of carbonyl (C=O) groups is 2. The lowest BCUT2D eigenvalue weighted by atomic mass is 10.3. The van der Waals surface area contributed by atoms with Gasteiger partial charge in [-0.25, -0.2) is 0 Å². The predicted molar refractivity (Wildman–Crippen MR) is 28.6 cm³/mol. The van der Waals surface area contributed by atoms with Crippen LogP contribution in [0.4, 0.5) is 0 Å². The van der Waals surface area contributed by atoms with Crippen LogP contribution in [0.3, 0.4) is 0 Å². The Labute approximate surface area is 57.8 Å². The summed E-state index contributed by atoms with van der Waals surface area (Å²) in [5, 5.41) is 10.1. The van der Waals surface area contributed by atoms with Crippen molar-refractivity contribution >= 4 is 11.9 Å². The number of carboxylic acids is 1. The Balaban J connectivity index is 2.38. The summed E-state index contributed by atoms with van der Waals surface area (Å²) in [5.74, 6) is -2.66. The Morgan fingerprint density at radius 1 is 1.50 bits per heavy atom. The van der Waals surface area contributed by atoms with Crippen molar-refractivity contribution in [2.45, 2.75) is 6.42 Å².